The molecule has 0 unspecified atom stereocenters. The van der Waals surface area contributed by atoms with Crippen molar-refractivity contribution >= 4 is 15.9 Å². The highest BCUT2D eigenvalue weighted by molar-refractivity contribution is 7.88. The highest BCUT2D eigenvalue weighted by Gasteiger charge is 2.31. The van der Waals surface area contributed by atoms with Gasteiger partial charge < -0.3 is 9.32 Å². The van der Waals surface area contributed by atoms with Crippen molar-refractivity contribution in [3.8, 4) is 0 Å². The van der Waals surface area contributed by atoms with Gasteiger partial charge in [0, 0.05) is 32.1 Å². The molecule has 0 radical (unpaired) electrons. The van der Waals surface area contributed by atoms with Gasteiger partial charge in [-0.1, -0.05) is 13.8 Å². The summed E-state index contributed by atoms with van der Waals surface area (Å²) >= 11 is 0. The average Bonchev–Trinajstić information content (AvgIpc) is 2.95. The number of aryl methyl sites for hydroxylation is 1. The van der Waals surface area contributed by atoms with Crippen molar-refractivity contribution in [3.63, 3.8) is 0 Å². The van der Waals surface area contributed by atoms with Gasteiger partial charge in [-0.05, 0) is 25.0 Å². The molecule has 1 aromatic rings. The lowest BCUT2D eigenvalue weighted by Gasteiger charge is -2.36. The molecule has 1 amide bonds. The molecule has 1 aromatic heterocycles. The molecule has 2 rings (SSSR count). The van der Waals surface area contributed by atoms with Crippen LogP contribution in [0.25, 0.3) is 0 Å². The predicted octanol–water partition coefficient (Wildman–Crippen LogP) is 1.73. The van der Waals surface area contributed by atoms with Crippen LogP contribution in [-0.2, 0) is 16.4 Å². The summed E-state index contributed by atoms with van der Waals surface area (Å²) in [5.74, 6) is 1.05. The number of furan rings is 1. The third-order valence-corrected chi connectivity index (χ3v) is 5.53. The van der Waals surface area contributed by atoms with Gasteiger partial charge in [0.1, 0.15) is 5.76 Å². The molecular weight excluding hydrogens is 304 g/mol. The minimum absolute atomic E-state index is 0.0214. The number of likely N-dealkylation sites (tertiary alicyclic amines) is 1. The van der Waals surface area contributed by atoms with Crippen molar-refractivity contribution < 1.29 is 17.6 Å². The number of rotatable bonds is 5. The summed E-state index contributed by atoms with van der Waals surface area (Å²) in [6, 6.07) is 3.51. The lowest BCUT2D eigenvalue weighted by atomic mass is 10.0. The number of hydrogen-bond acceptors (Lipinski definition) is 4. The number of piperidine rings is 1. The summed E-state index contributed by atoms with van der Waals surface area (Å²) in [6.07, 6.45) is 3.32. The Labute approximate surface area is 132 Å². The first kappa shape index (κ1) is 17.0. The van der Waals surface area contributed by atoms with Gasteiger partial charge in [-0.3, -0.25) is 4.79 Å². The molecule has 0 bridgehead atoms. The van der Waals surface area contributed by atoms with Gasteiger partial charge in [-0.15, -0.1) is 0 Å². The molecule has 1 aliphatic rings. The Kier molecular flexibility index (Phi) is 5.28. The number of carbonyl (C=O) groups is 1. The van der Waals surface area contributed by atoms with E-state index in [9.17, 15) is 13.2 Å². The van der Waals surface area contributed by atoms with E-state index < -0.39 is 10.0 Å². The first-order valence-corrected chi connectivity index (χ1v) is 9.56. The van der Waals surface area contributed by atoms with Gasteiger partial charge in [0.05, 0.1) is 6.26 Å². The normalized spacial score (nSPS) is 17.2. The second-order valence-electron chi connectivity index (χ2n) is 5.61. The molecule has 2 heterocycles. The predicted molar refractivity (Wildman–Crippen MR) is 84.2 cm³/mol. The fourth-order valence-corrected chi connectivity index (χ4v) is 4.18. The summed E-state index contributed by atoms with van der Waals surface area (Å²) in [5, 5.41) is 0. The molecule has 1 fully saturated rings. The lowest BCUT2D eigenvalue weighted by Crippen LogP contribution is -2.48. The summed E-state index contributed by atoms with van der Waals surface area (Å²) in [4.78, 5) is 14.1. The van der Waals surface area contributed by atoms with Gasteiger partial charge in [-0.2, -0.15) is 4.31 Å². The topological polar surface area (TPSA) is 70.8 Å². The Bertz CT molecular complexity index is 615. The average molecular weight is 328 g/mol. The summed E-state index contributed by atoms with van der Waals surface area (Å²) in [5.41, 5.74) is 0. The maximum Gasteiger partial charge on any atom is 0.289 e. The molecular formula is C15H24N2O4S. The van der Waals surface area contributed by atoms with Crippen molar-refractivity contribution in [2.75, 3.05) is 25.9 Å². The molecule has 0 aliphatic carbocycles. The molecule has 0 N–H and O–H groups in total. The minimum atomic E-state index is -3.19. The zero-order valence-electron chi connectivity index (χ0n) is 13.4. The van der Waals surface area contributed by atoms with E-state index in [0.717, 1.165) is 12.2 Å². The highest BCUT2D eigenvalue weighted by Crippen LogP contribution is 2.21. The highest BCUT2D eigenvalue weighted by atomic mass is 32.2. The Morgan fingerprint density at radius 1 is 1.32 bits per heavy atom. The molecule has 1 aliphatic heterocycles. The monoisotopic (exact) mass is 328 g/mol. The number of nitrogens with zero attached hydrogens (tertiary/aromatic N) is 2. The Morgan fingerprint density at radius 2 is 1.95 bits per heavy atom. The van der Waals surface area contributed by atoms with Gasteiger partial charge in [-0.25, -0.2) is 8.42 Å². The molecule has 0 atom stereocenters. The van der Waals surface area contributed by atoms with E-state index in [1.54, 1.807) is 11.0 Å². The van der Waals surface area contributed by atoms with E-state index in [4.69, 9.17) is 4.42 Å². The molecule has 1 saturated heterocycles. The summed E-state index contributed by atoms with van der Waals surface area (Å²) in [6.45, 7) is 5.39. The lowest BCUT2D eigenvalue weighted by molar-refractivity contribution is 0.0647. The second kappa shape index (κ2) is 6.83. The van der Waals surface area contributed by atoms with Crippen LogP contribution in [0.2, 0.25) is 0 Å². The molecule has 7 heteroatoms. The molecule has 22 heavy (non-hydrogen) atoms. The summed E-state index contributed by atoms with van der Waals surface area (Å²) < 4.78 is 30.6. The van der Waals surface area contributed by atoms with Crippen molar-refractivity contribution in [2.45, 2.75) is 39.2 Å². The fraction of sp³-hybridized carbons (Fsp3) is 0.667. The van der Waals surface area contributed by atoms with Crippen LogP contribution in [0.1, 0.15) is 43.0 Å². The smallest absolute Gasteiger partial charge is 0.289 e. The number of sulfonamides is 1. The third-order valence-electron chi connectivity index (χ3n) is 4.12. The summed E-state index contributed by atoms with van der Waals surface area (Å²) in [7, 11) is -3.19. The van der Waals surface area contributed by atoms with Gasteiger partial charge in [0.2, 0.25) is 10.0 Å². The van der Waals surface area contributed by atoms with E-state index in [2.05, 4.69) is 0 Å². The van der Waals surface area contributed by atoms with E-state index in [0.29, 0.717) is 38.2 Å². The van der Waals surface area contributed by atoms with Gasteiger partial charge >= 0.3 is 0 Å². The third kappa shape index (κ3) is 3.70. The van der Waals surface area contributed by atoms with Crippen LogP contribution < -0.4 is 0 Å². The number of amides is 1. The van der Waals surface area contributed by atoms with E-state index in [1.165, 1.54) is 10.6 Å². The Balaban J connectivity index is 1.98. The number of hydrogen-bond donors (Lipinski definition) is 0. The van der Waals surface area contributed by atoms with E-state index >= 15 is 0 Å². The van der Waals surface area contributed by atoms with Gasteiger partial charge in [0.25, 0.3) is 5.91 Å². The largest absolute Gasteiger partial charge is 0.456 e. The Hall–Kier alpha value is -1.34. The van der Waals surface area contributed by atoms with Crippen LogP contribution in [0, 0.1) is 0 Å². The second-order valence-corrected chi connectivity index (χ2v) is 7.54. The molecule has 0 spiro atoms. The SMILES string of the molecule is CCc1ccc(C(=O)N2CCC(N(CC)S(C)(=O)=O)CC2)o1. The van der Waals surface area contributed by atoms with E-state index in [1.807, 2.05) is 19.9 Å². The first-order valence-electron chi connectivity index (χ1n) is 7.71. The standard InChI is InChI=1S/C15H24N2O4S/c1-4-13-6-7-14(21-13)15(18)16-10-8-12(9-11-16)17(5-2)22(3,19)20/h6-7,12H,4-5,8-11H2,1-3H3. The van der Waals surface area contributed by atoms with Crippen molar-refractivity contribution in [1.29, 1.82) is 0 Å². The van der Waals surface area contributed by atoms with Crippen LogP contribution in [-0.4, -0.2) is 55.5 Å². The maximum atomic E-state index is 12.4. The molecule has 0 saturated carbocycles. The Morgan fingerprint density at radius 3 is 2.41 bits per heavy atom. The zero-order chi connectivity index (χ0) is 16.3. The van der Waals surface area contributed by atoms with Gasteiger partial charge in [0.15, 0.2) is 5.76 Å². The molecule has 6 nitrogen and oxygen atoms in total. The van der Waals surface area contributed by atoms with Crippen molar-refractivity contribution in [2.24, 2.45) is 0 Å². The minimum Gasteiger partial charge on any atom is -0.456 e. The maximum absolute atomic E-state index is 12.4. The quantitative estimate of drug-likeness (QED) is 0.825. The van der Waals surface area contributed by atoms with Crippen LogP contribution in [0.4, 0.5) is 0 Å². The van der Waals surface area contributed by atoms with Crippen LogP contribution in [0.3, 0.4) is 0 Å². The van der Waals surface area contributed by atoms with Crippen molar-refractivity contribution in [3.05, 3.63) is 23.7 Å². The van der Waals surface area contributed by atoms with Crippen molar-refractivity contribution in [1.82, 2.24) is 9.21 Å². The molecule has 124 valence electrons. The molecule has 0 aromatic carbocycles. The number of carbonyl (C=O) groups excluding carboxylic acids is 1. The van der Waals surface area contributed by atoms with E-state index in [-0.39, 0.29) is 11.9 Å². The van der Waals surface area contributed by atoms with Crippen LogP contribution in [0.15, 0.2) is 16.5 Å². The van der Waals surface area contributed by atoms with Crippen LogP contribution in [0.5, 0.6) is 0 Å². The van der Waals surface area contributed by atoms with Crippen LogP contribution >= 0.6 is 0 Å². The zero-order valence-corrected chi connectivity index (χ0v) is 14.2. The fourth-order valence-electron chi connectivity index (χ4n) is 2.96. The first-order chi connectivity index (χ1) is 10.4.